The van der Waals surface area contributed by atoms with Gasteiger partial charge in [-0.05, 0) is 65.9 Å². The van der Waals surface area contributed by atoms with E-state index in [1.807, 2.05) is 30.3 Å². The summed E-state index contributed by atoms with van der Waals surface area (Å²) in [5.74, 6) is 2.25. The number of methoxy groups -OCH3 is 2. The molecule has 0 amide bonds. The highest BCUT2D eigenvalue weighted by molar-refractivity contribution is 7.07. The number of aromatic nitrogens is 1. The number of nitro groups is 1. The Bertz CT molecular complexity index is 2120. The van der Waals surface area contributed by atoms with E-state index in [4.69, 9.17) is 18.9 Å². The summed E-state index contributed by atoms with van der Waals surface area (Å²) in [7, 11) is 3.20. The molecule has 3 aromatic carbocycles. The third-order valence-corrected chi connectivity index (χ3v) is 8.84. The van der Waals surface area contributed by atoms with Gasteiger partial charge >= 0.3 is 0 Å². The quantitative estimate of drug-likeness (QED) is 0.191. The van der Waals surface area contributed by atoms with E-state index in [0.717, 1.165) is 35.2 Å². The summed E-state index contributed by atoms with van der Waals surface area (Å²) in [4.78, 5) is 30.3. The van der Waals surface area contributed by atoms with Gasteiger partial charge in [0.25, 0.3) is 11.2 Å². The van der Waals surface area contributed by atoms with Crippen LogP contribution in [-0.4, -0.2) is 23.7 Å². The highest BCUT2D eigenvalue weighted by atomic mass is 32.1. The van der Waals surface area contributed by atoms with Crippen LogP contribution in [0.5, 0.6) is 11.5 Å². The van der Waals surface area contributed by atoms with Crippen molar-refractivity contribution in [2.24, 2.45) is 4.99 Å². The van der Waals surface area contributed by atoms with Crippen LogP contribution in [0.3, 0.4) is 0 Å². The molecular weight excluding hydrogens is 566 g/mol. The van der Waals surface area contributed by atoms with Crippen LogP contribution in [0.25, 0.3) is 23.1 Å². The molecule has 5 aromatic rings. The number of thiazole rings is 1. The molecule has 9 nitrogen and oxygen atoms in total. The molecular formula is C33H25N3O6S. The zero-order valence-corrected chi connectivity index (χ0v) is 24.1. The fourth-order valence-corrected chi connectivity index (χ4v) is 6.79. The lowest BCUT2D eigenvalue weighted by atomic mass is 9.83. The van der Waals surface area contributed by atoms with Crippen molar-refractivity contribution >= 4 is 28.8 Å². The standard InChI is InChI=1S/C33H25N3O6S/c1-40-27-15-10-21(17-28(27)41-2)31-25-14-9-19-5-3-4-6-24(19)30(25)34-33-35(31)32(37)29(43-33)18-23-13-16-26(42-23)20-7-11-22(12-8-20)36(38)39/h3-8,10-13,15-18,31H,9,14H2,1-2H3/b29-18-/t31-/m0/s1. The lowest BCUT2D eigenvalue weighted by molar-refractivity contribution is -0.384. The van der Waals surface area contributed by atoms with E-state index in [0.29, 0.717) is 37.9 Å². The molecule has 2 aromatic heterocycles. The summed E-state index contributed by atoms with van der Waals surface area (Å²) < 4.78 is 19.4. The third-order valence-electron chi connectivity index (χ3n) is 7.86. The summed E-state index contributed by atoms with van der Waals surface area (Å²) in [6.45, 7) is 0. The molecule has 2 aliphatic rings. The predicted octanol–water partition coefficient (Wildman–Crippen LogP) is 5.50. The molecule has 0 saturated carbocycles. The van der Waals surface area contributed by atoms with Crippen LogP contribution in [0.4, 0.5) is 5.69 Å². The van der Waals surface area contributed by atoms with Gasteiger partial charge in [0.2, 0.25) is 0 Å². The second kappa shape index (κ2) is 10.6. The van der Waals surface area contributed by atoms with Crippen molar-refractivity contribution in [1.29, 1.82) is 0 Å². The molecule has 214 valence electrons. The van der Waals surface area contributed by atoms with Gasteiger partial charge in [-0.1, -0.05) is 41.7 Å². The summed E-state index contributed by atoms with van der Waals surface area (Å²) in [6, 6.07) is 23.4. The predicted molar refractivity (Wildman–Crippen MR) is 163 cm³/mol. The number of benzene rings is 3. The summed E-state index contributed by atoms with van der Waals surface area (Å²) in [5.41, 5.74) is 5.77. The molecule has 1 atom stereocenters. The van der Waals surface area contributed by atoms with Gasteiger partial charge in [0.1, 0.15) is 11.5 Å². The first-order valence-corrected chi connectivity index (χ1v) is 14.5. The maximum absolute atomic E-state index is 14.1. The van der Waals surface area contributed by atoms with Crippen LogP contribution in [0, 0.1) is 10.1 Å². The molecule has 0 radical (unpaired) electrons. The lowest BCUT2D eigenvalue weighted by Crippen LogP contribution is -2.38. The second-order valence-corrected chi connectivity index (χ2v) is 11.2. The zero-order chi connectivity index (χ0) is 29.7. The van der Waals surface area contributed by atoms with Crippen LogP contribution in [0.2, 0.25) is 0 Å². The Hall–Kier alpha value is -5.22. The monoisotopic (exact) mass is 591 g/mol. The maximum Gasteiger partial charge on any atom is 0.271 e. The van der Waals surface area contributed by atoms with Gasteiger partial charge in [-0.15, -0.1) is 0 Å². The minimum atomic E-state index is -0.442. The Morgan fingerprint density at radius 3 is 2.56 bits per heavy atom. The lowest BCUT2D eigenvalue weighted by Gasteiger charge is -2.31. The Morgan fingerprint density at radius 1 is 1.00 bits per heavy atom. The van der Waals surface area contributed by atoms with Crippen molar-refractivity contribution in [2.75, 3.05) is 14.2 Å². The average Bonchev–Trinajstić information content (AvgIpc) is 3.63. The second-order valence-electron chi connectivity index (χ2n) is 10.2. The molecule has 0 bridgehead atoms. The van der Waals surface area contributed by atoms with E-state index < -0.39 is 4.92 Å². The zero-order valence-electron chi connectivity index (χ0n) is 23.3. The smallest absolute Gasteiger partial charge is 0.271 e. The van der Waals surface area contributed by atoms with Crippen molar-refractivity contribution in [2.45, 2.75) is 18.9 Å². The Kier molecular flexibility index (Phi) is 6.55. The molecule has 1 aliphatic heterocycles. The normalized spacial score (nSPS) is 15.8. The molecule has 0 N–H and O–H groups in total. The summed E-state index contributed by atoms with van der Waals surface area (Å²) in [5, 5.41) is 11.0. The number of non-ortho nitro benzene ring substituents is 1. The minimum absolute atomic E-state index is 0.00555. The Morgan fingerprint density at radius 2 is 1.79 bits per heavy atom. The topological polar surface area (TPSA) is 109 Å². The van der Waals surface area contributed by atoms with Gasteiger partial charge in [-0.2, -0.15) is 0 Å². The van der Waals surface area contributed by atoms with Crippen LogP contribution >= 0.6 is 11.3 Å². The molecule has 0 spiro atoms. The number of hydrogen-bond acceptors (Lipinski definition) is 8. The summed E-state index contributed by atoms with van der Waals surface area (Å²) >= 11 is 1.32. The fraction of sp³-hybridized carbons (Fsp3) is 0.152. The van der Waals surface area contributed by atoms with Crippen LogP contribution in [0.1, 0.15) is 34.9 Å². The maximum atomic E-state index is 14.1. The van der Waals surface area contributed by atoms with Crippen LogP contribution in [0.15, 0.2) is 98.6 Å². The van der Waals surface area contributed by atoms with Gasteiger partial charge in [-0.3, -0.25) is 19.5 Å². The van der Waals surface area contributed by atoms with E-state index in [1.54, 1.807) is 49.1 Å². The highest BCUT2D eigenvalue weighted by Crippen LogP contribution is 2.42. The molecule has 0 saturated heterocycles. The Balaban J connectivity index is 1.37. The van der Waals surface area contributed by atoms with Crippen molar-refractivity contribution in [3.63, 3.8) is 0 Å². The van der Waals surface area contributed by atoms with E-state index in [2.05, 4.69) is 12.1 Å². The van der Waals surface area contributed by atoms with E-state index in [-0.39, 0.29) is 17.3 Å². The SMILES string of the molecule is COc1ccc([C@H]2C3=C(N=c4s/c(=C\c5ccc(-c6ccc([N+](=O)[O-])cc6)o5)c(=O)n42)c2ccccc2CC3)cc1OC. The van der Waals surface area contributed by atoms with E-state index >= 15 is 0 Å². The van der Waals surface area contributed by atoms with Crippen molar-refractivity contribution < 1.29 is 18.8 Å². The molecule has 0 unspecified atom stereocenters. The fourth-order valence-electron chi connectivity index (χ4n) is 5.81. The summed E-state index contributed by atoms with van der Waals surface area (Å²) in [6.07, 6.45) is 3.35. The number of fused-ring (bicyclic) bond motifs is 3. The molecule has 3 heterocycles. The van der Waals surface area contributed by atoms with Crippen molar-refractivity contribution in [1.82, 2.24) is 4.57 Å². The van der Waals surface area contributed by atoms with Gasteiger partial charge in [0, 0.05) is 29.3 Å². The number of nitro benzene ring substituents is 1. The molecule has 7 rings (SSSR count). The first-order chi connectivity index (χ1) is 20.9. The molecule has 0 fully saturated rings. The van der Waals surface area contributed by atoms with Crippen molar-refractivity contribution in [3.05, 3.63) is 137 Å². The van der Waals surface area contributed by atoms with Gasteiger partial charge in [0.15, 0.2) is 16.3 Å². The number of hydrogen-bond donors (Lipinski definition) is 0. The third kappa shape index (κ3) is 4.56. The van der Waals surface area contributed by atoms with Crippen LogP contribution < -0.4 is 24.4 Å². The number of allylic oxidation sites excluding steroid dienone is 1. The van der Waals surface area contributed by atoms with Crippen LogP contribution in [-0.2, 0) is 6.42 Å². The van der Waals surface area contributed by atoms with E-state index in [9.17, 15) is 14.9 Å². The number of aryl methyl sites for hydroxylation is 1. The highest BCUT2D eigenvalue weighted by Gasteiger charge is 2.33. The van der Waals surface area contributed by atoms with Gasteiger partial charge in [0.05, 0.1) is 35.4 Å². The number of nitrogens with zero attached hydrogens (tertiary/aromatic N) is 3. The number of ether oxygens (including phenoxy) is 2. The Labute approximate surface area is 249 Å². The average molecular weight is 592 g/mol. The molecule has 1 aliphatic carbocycles. The largest absolute Gasteiger partial charge is 0.493 e. The number of rotatable bonds is 6. The van der Waals surface area contributed by atoms with Gasteiger partial charge < -0.3 is 13.9 Å². The first-order valence-electron chi connectivity index (χ1n) is 13.6. The van der Waals surface area contributed by atoms with Gasteiger partial charge in [-0.25, -0.2) is 4.99 Å². The minimum Gasteiger partial charge on any atom is -0.493 e. The molecule has 43 heavy (non-hydrogen) atoms. The van der Waals surface area contributed by atoms with E-state index in [1.165, 1.54) is 29.0 Å². The number of furan rings is 1. The first kappa shape index (κ1) is 26.7. The van der Waals surface area contributed by atoms with Crippen molar-refractivity contribution in [3.8, 4) is 22.8 Å². The molecule has 10 heteroatoms.